The van der Waals surface area contributed by atoms with Gasteiger partial charge in [0, 0.05) is 11.4 Å². The SMILES string of the molecule is CC(C)N(CCCBr)CCC(C)(C)C. The lowest BCUT2D eigenvalue weighted by atomic mass is 9.92. The van der Waals surface area contributed by atoms with Crippen LogP contribution in [0.2, 0.25) is 0 Å². The zero-order valence-corrected chi connectivity index (χ0v) is 12.0. The molecule has 1 nitrogen and oxygen atoms in total. The Hall–Kier alpha value is 0.440. The van der Waals surface area contributed by atoms with Gasteiger partial charge in [-0.1, -0.05) is 36.7 Å². The molecular weight excluding hydrogens is 238 g/mol. The average Bonchev–Trinajstić information content (AvgIpc) is 2.01. The van der Waals surface area contributed by atoms with E-state index < -0.39 is 0 Å². The second-order valence-electron chi connectivity index (χ2n) is 5.48. The Bertz CT molecular complexity index is 138. The zero-order valence-electron chi connectivity index (χ0n) is 10.4. The van der Waals surface area contributed by atoms with Crippen LogP contribution < -0.4 is 0 Å². The fourth-order valence-corrected chi connectivity index (χ4v) is 1.62. The van der Waals surface area contributed by atoms with E-state index in [-0.39, 0.29) is 0 Å². The van der Waals surface area contributed by atoms with E-state index in [1.54, 1.807) is 0 Å². The fourth-order valence-electron chi connectivity index (χ4n) is 1.37. The summed E-state index contributed by atoms with van der Waals surface area (Å²) in [5, 5.41) is 1.12. The largest absolute Gasteiger partial charge is 0.301 e. The molecule has 0 aliphatic rings. The molecule has 14 heavy (non-hydrogen) atoms. The van der Waals surface area contributed by atoms with Crippen LogP contribution in [0.3, 0.4) is 0 Å². The molecular formula is C12H26BrN. The van der Waals surface area contributed by atoms with Crippen LogP contribution in [-0.2, 0) is 0 Å². The van der Waals surface area contributed by atoms with Crippen LogP contribution >= 0.6 is 15.9 Å². The van der Waals surface area contributed by atoms with Gasteiger partial charge < -0.3 is 4.90 Å². The highest BCUT2D eigenvalue weighted by atomic mass is 79.9. The molecule has 0 unspecified atom stereocenters. The highest BCUT2D eigenvalue weighted by Gasteiger charge is 2.14. The molecule has 0 aliphatic carbocycles. The van der Waals surface area contributed by atoms with Crippen LogP contribution in [0, 0.1) is 5.41 Å². The Kier molecular flexibility index (Phi) is 7.05. The maximum Gasteiger partial charge on any atom is 0.00434 e. The minimum atomic E-state index is 0.460. The van der Waals surface area contributed by atoms with Crippen molar-refractivity contribution in [2.75, 3.05) is 18.4 Å². The predicted molar refractivity (Wildman–Crippen MR) is 69.2 cm³/mol. The van der Waals surface area contributed by atoms with Crippen molar-refractivity contribution in [3.63, 3.8) is 0 Å². The lowest BCUT2D eigenvalue weighted by Crippen LogP contribution is -2.34. The first-order chi connectivity index (χ1) is 6.37. The highest BCUT2D eigenvalue weighted by Crippen LogP contribution is 2.19. The van der Waals surface area contributed by atoms with Crippen molar-refractivity contribution in [1.29, 1.82) is 0 Å². The smallest absolute Gasteiger partial charge is 0.00434 e. The van der Waals surface area contributed by atoms with Gasteiger partial charge in [0.25, 0.3) is 0 Å². The van der Waals surface area contributed by atoms with Gasteiger partial charge in [-0.2, -0.15) is 0 Å². The summed E-state index contributed by atoms with van der Waals surface area (Å²) in [5.41, 5.74) is 0.460. The van der Waals surface area contributed by atoms with Gasteiger partial charge >= 0.3 is 0 Å². The summed E-state index contributed by atoms with van der Waals surface area (Å²) in [4.78, 5) is 2.58. The number of hydrogen-bond donors (Lipinski definition) is 0. The van der Waals surface area contributed by atoms with Crippen molar-refractivity contribution in [2.45, 2.75) is 53.5 Å². The van der Waals surface area contributed by atoms with Crippen LogP contribution in [0.1, 0.15) is 47.5 Å². The molecule has 0 aromatic rings. The number of alkyl halides is 1. The van der Waals surface area contributed by atoms with Crippen molar-refractivity contribution in [3.05, 3.63) is 0 Å². The minimum Gasteiger partial charge on any atom is -0.301 e. The van der Waals surface area contributed by atoms with Crippen molar-refractivity contribution in [3.8, 4) is 0 Å². The quantitative estimate of drug-likeness (QED) is 0.657. The molecule has 0 saturated carbocycles. The van der Waals surface area contributed by atoms with Crippen molar-refractivity contribution < 1.29 is 0 Å². The third-order valence-corrected chi connectivity index (χ3v) is 3.02. The molecule has 0 rings (SSSR count). The molecule has 2 heteroatoms. The summed E-state index contributed by atoms with van der Waals surface area (Å²) in [7, 11) is 0. The number of hydrogen-bond acceptors (Lipinski definition) is 1. The van der Waals surface area contributed by atoms with Gasteiger partial charge in [0.1, 0.15) is 0 Å². The summed E-state index contributed by atoms with van der Waals surface area (Å²) in [6.07, 6.45) is 2.54. The van der Waals surface area contributed by atoms with Gasteiger partial charge in [0.05, 0.1) is 0 Å². The lowest BCUT2D eigenvalue weighted by molar-refractivity contribution is 0.190. The molecule has 0 aromatic carbocycles. The van der Waals surface area contributed by atoms with Gasteiger partial charge in [-0.05, 0) is 45.2 Å². The summed E-state index contributed by atoms with van der Waals surface area (Å²) < 4.78 is 0. The number of halogens is 1. The van der Waals surface area contributed by atoms with Crippen LogP contribution in [0.5, 0.6) is 0 Å². The molecule has 0 aromatic heterocycles. The fraction of sp³-hybridized carbons (Fsp3) is 1.00. The maximum absolute atomic E-state index is 3.49. The summed E-state index contributed by atoms with van der Waals surface area (Å²) in [6, 6.07) is 0.677. The van der Waals surface area contributed by atoms with E-state index in [0.717, 1.165) is 5.33 Å². The van der Waals surface area contributed by atoms with E-state index in [9.17, 15) is 0 Å². The molecule has 0 amide bonds. The van der Waals surface area contributed by atoms with Crippen LogP contribution in [0.4, 0.5) is 0 Å². The number of rotatable bonds is 6. The molecule has 0 saturated heterocycles. The molecule has 0 fully saturated rings. The molecule has 0 aliphatic heterocycles. The Balaban J connectivity index is 3.85. The van der Waals surface area contributed by atoms with E-state index in [2.05, 4.69) is 55.4 Å². The second kappa shape index (κ2) is 6.84. The van der Waals surface area contributed by atoms with E-state index in [1.165, 1.54) is 25.9 Å². The van der Waals surface area contributed by atoms with Crippen LogP contribution in [0.25, 0.3) is 0 Å². The summed E-state index contributed by atoms with van der Waals surface area (Å²) in [5.74, 6) is 0. The third kappa shape index (κ3) is 7.81. The summed E-state index contributed by atoms with van der Waals surface area (Å²) in [6.45, 7) is 14.0. The highest BCUT2D eigenvalue weighted by molar-refractivity contribution is 9.09. The lowest BCUT2D eigenvalue weighted by Gasteiger charge is -2.29. The first-order valence-corrected chi connectivity index (χ1v) is 6.79. The van der Waals surface area contributed by atoms with Gasteiger partial charge in [0.15, 0.2) is 0 Å². The molecule has 0 atom stereocenters. The molecule has 0 bridgehead atoms. The van der Waals surface area contributed by atoms with Gasteiger partial charge in [-0.3, -0.25) is 0 Å². The monoisotopic (exact) mass is 263 g/mol. The van der Waals surface area contributed by atoms with Gasteiger partial charge in [-0.15, -0.1) is 0 Å². The molecule has 0 N–H and O–H groups in total. The Morgan fingerprint density at radius 1 is 1.14 bits per heavy atom. The van der Waals surface area contributed by atoms with Crippen LogP contribution in [0.15, 0.2) is 0 Å². The normalized spacial score (nSPS) is 12.9. The molecule has 0 heterocycles. The standard InChI is InChI=1S/C12H26BrN/c1-11(2)14(9-6-8-13)10-7-12(3,4)5/h11H,6-10H2,1-5H3. The van der Waals surface area contributed by atoms with E-state index in [4.69, 9.17) is 0 Å². The van der Waals surface area contributed by atoms with Gasteiger partial charge in [-0.25, -0.2) is 0 Å². The summed E-state index contributed by atoms with van der Waals surface area (Å²) >= 11 is 3.49. The maximum atomic E-state index is 3.49. The Morgan fingerprint density at radius 3 is 2.07 bits per heavy atom. The zero-order chi connectivity index (χ0) is 11.2. The van der Waals surface area contributed by atoms with Crippen molar-refractivity contribution in [1.82, 2.24) is 4.90 Å². The Morgan fingerprint density at radius 2 is 1.71 bits per heavy atom. The third-order valence-electron chi connectivity index (χ3n) is 2.46. The van der Waals surface area contributed by atoms with E-state index in [1.807, 2.05) is 0 Å². The topological polar surface area (TPSA) is 3.24 Å². The average molecular weight is 264 g/mol. The first kappa shape index (κ1) is 14.4. The second-order valence-corrected chi connectivity index (χ2v) is 6.28. The molecule has 0 radical (unpaired) electrons. The predicted octanol–water partition coefficient (Wildman–Crippen LogP) is 3.92. The first-order valence-electron chi connectivity index (χ1n) is 5.67. The van der Waals surface area contributed by atoms with Crippen molar-refractivity contribution in [2.24, 2.45) is 5.41 Å². The Labute approximate surface area is 98.4 Å². The van der Waals surface area contributed by atoms with Crippen molar-refractivity contribution >= 4 is 15.9 Å². The number of nitrogens with zero attached hydrogens (tertiary/aromatic N) is 1. The van der Waals surface area contributed by atoms with Gasteiger partial charge in [0.2, 0.25) is 0 Å². The molecule has 86 valence electrons. The van der Waals surface area contributed by atoms with E-state index >= 15 is 0 Å². The molecule has 0 spiro atoms. The van der Waals surface area contributed by atoms with Crippen LogP contribution in [-0.4, -0.2) is 29.4 Å². The van der Waals surface area contributed by atoms with E-state index in [0.29, 0.717) is 11.5 Å². The minimum absolute atomic E-state index is 0.460.